The van der Waals surface area contributed by atoms with E-state index >= 15 is 0 Å². The van der Waals surface area contributed by atoms with Gasteiger partial charge < -0.3 is 42.7 Å². The molecule has 0 aliphatic heterocycles. The van der Waals surface area contributed by atoms with Gasteiger partial charge in [0.15, 0.2) is 0 Å². The van der Waals surface area contributed by atoms with Gasteiger partial charge in [-0.2, -0.15) is 11.8 Å². The molecule has 1 rings (SSSR count). The lowest BCUT2D eigenvalue weighted by Crippen LogP contribution is -2.57. The van der Waals surface area contributed by atoms with Gasteiger partial charge in [-0.1, -0.05) is 18.6 Å². The number of carboxylic acid groups (broad SMARTS) is 2. The number of unbranched alkanes of at least 4 members (excludes halogenated alkanes) is 1. The highest BCUT2D eigenvalue weighted by Gasteiger charge is 2.31. The maximum absolute atomic E-state index is 13.3. The Bertz CT molecular complexity index is 946. The van der Waals surface area contributed by atoms with Crippen molar-refractivity contribution in [2.45, 2.75) is 62.7 Å². The van der Waals surface area contributed by atoms with Gasteiger partial charge in [0.2, 0.25) is 17.7 Å². The summed E-state index contributed by atoms with van der Waals surface area (Å²) in [5.74, 6) is -4.65. The third-order valence-electron chi connectivity index (χ3n) is 5.55. The molecule has 0 saturated heterocycles. The Labute approximate surface area is 225 Å². The lowest BCUT2D eigenvalue weighted by molar-refractivity contribution is -0.147. The number of amides is 3. The maximum Gasteiger partial charge on any atom is 0.326 e. The van der Waals surface area contributed by atoms with Gasteiger partial charge >= 0.3 is 11.9 Å². The first kappa shape index (κ1) is 32.7. The summed E-state index contributed by atoms with van der Waals surface area (Å²) in [6, 6.07) is 1.08. The van der Waals surface area contributed by atoms with Gasteiger partial charge in [0.05, 0.1) is 12.5 Å². The van der Waals surface area contributed by atoms with E-state index in [4.69, 9.17) is 16.6 Å². The zero-order valence-electron chi connectivity index (χ0n) is 21.2. The van der Waals surface area contributed by atoms with Gasteiger partial charge in [-0.15, -0.1) is 0 Å². The van der Waals surface area contributed by atoms with Gasteiger partial charge in [-0.3, -0.25) is 19.2 Å². The average molecular weight is 556 g/mol. The minimum Gasteiger partial charge on any atom is -0.508 e. The van der Waals surface area contributed by atoms with Crippen molar-refractivity contribution in [2.24, 2.45) is 11.5 Å². The zero-order valence-corrected chi connectivity index (χ0v) is 22.0. The highest BCUT2D eigenvalue weighted by molar-refractivity contribution is 7.98. The Balaban J connectivity index is 3.09. The summed E-state index contributed by atoms with van der Waals surface area (Å²) in [6.07, 6.45) is 2.74. The monoisotopic (exact) mass is 555 g/mol. The molecule has 3 amide bonds. The molecule has 0 saturated carbocycles. The van der Waals surface area contributed by atoms with E-state index in [1.165, 1.54) is 23.9 Å². The summed E-state index contributed by atoms with van der Waals surface area (Å²) in [4.78, 5) is 61.2. The largest absolute Gasteiger partial charge is 0.508 e. The fourth-order valence-corrected chi connectivity index (χ4v) is 3.89. The van der Waals surface area contributed by atoms with Crippen molar-refractivity contribution in [1.82, 2.24) is 16.0 Å². The number of phenols is 1. The van der Waals surface area contributed by atoms with Crippen molar-refractivity contribution in [1.29, 1.82) is 0 Å². The summed E-state index contributed by atoms with van der Waals surface area (Å²) >= 11 is 1.39. The van der Waals surface area contributed by atoms with Crippen LogP contribution in [-0.2, 0) is 30.4 Å². The molecule has 0 aliphatic carbocycles. The van der Waals surface area contributed by atoms with Crippen LogP contribution >= 0.6 is 11.8 Å². The van der Waals surface area contributed by atoms with Gasteiger partial charge in [0.25, 0.3) is 0 Å². The predicted molar refractivity (Wildman–Crippen MR) is 141 cm³/mol. The molecule has 10 N–H and O–H groups in total. The Kier molecular flexibility index (Phi) is 14.8. The number of carbonyl (C=O) groups excluding carboxylic acids is 3. The first-order valence-corrected chi connectivity index (χ1v) is 13.5. The van der Waals surface area contributed by atoms with E-state index in [0.29, 0.717) is 37.1 Å². The third kappa shape index (κ3) is 12.3. The molecule has 14 heteroatoms. The average Bonchev–Trinajstić information content (AvgIpc) is 2.86. The lowest BCUT2D eigenvalue weighted by Gasteiger charge is -2.25. The van der Waals surface area contributed by atoms with E-state index < -0.39 is 60.2 Å². The fraction of sp³-hybridized carbons (Fsp3) is 0.542. The number of nitrogens with two attached hydrogens (primary N) is 2. The number of carboxylic acids is 2. The number of rotatable bonds is 18. The van der Waals surface area contributed by atoms with Crippen molar-refractivity contribution in [3.63, 3.8) is 0 Å². The van der Waals surface area contributed by atoms with Crippen LogP contribution in [0.15, 0.2) is 24.3 Å². The zero-order chi connectivity index (χ0) is 28.7. The second-order valence-corrected chi connectivity index (χ2v) is 9.65. The minimum absolute atomic E-state index is 0.0149. The first-order chi connectivity index (χ1) is 18.0. The van der Waals surface area contributed by atoms with Crippen LogP contribution in [0.2, 0.25) is 0 Å². The van der Waals surface area contributed by atoms with Crippen LogP contribution in [0.25, 0.3) is 0 Å². The van der Waals surface area contributed by atoms with Crippen molar-refractivity contribution in [3.05, 3.63) is 29.8 Å². The van der Waals surface area contributed by atoms with E-state index in [1.807, 2.05) is 0 Å². The smallest absolute Gasteiger partial charge is 0.326 e. The topological polar surface area (TPSA) is 234 Å². The number of hydrogen-bond donors (Lipinski definition) is 8. The van der Waals surface area contributed by atoms with Crippen LogP contribution in [-0.4, -0.2) is 87.7 Å². The van der Waals surface area contributed by atoms with Crippen molar-refractivity contribution in [2.75, 3.05) is 18.6 Å². The number of hydrogen-bond acceptors (Lipinski definition) is 9. The molecule has 38 heavy (non-hydrogen) atoms. The van der Waals surface area contributed by atoms with E-state index in [1.54, 1.807) is 18.4 Å². The quantitative estimate of drug-likeness (QED) is 0.104. The first-order valence-electron chi connectivity index (χ1n) is 12.1. The van der Waals surface area contributed by atoms with Crippen molar-refractivity contribution < 1.29 is 39.3 Å². The van der Waals surface area contributed by atoms with E-state index in [2.05, 4.69) is 16.0 Å². The fourth-order valence-electron chi connectivity index (χ4n) is 3.42. The van der Waals surface area contributed by atoms with Crippen LogP contribution < -0.4 is 27.4 Å². The molecule has 0 aliphatic rings. The maximum atomic E-state index is 13.3. The van der Waals surface area contributed by atoms with Crippen LogP contribution in [0, 0.1) is 0 Å². The summed E-state index contributed by atoms with van der Waals surface area (Å²) in [6.45, 7) is 0.453. The molecule has 0 heterocycles. The molecule has 0 radical (unpaired) electrons. The number of aromatic hydroxyl groups is 1. The molecule has 0 bridgehead atoms. The summed E-state index contributed by atoms with van der Waals surface area (Å²) in [7, 11) is 0. The summed E-state index contributed by atoms with van der Waals surface area (Å²) < 4.78 is 0. The molecule has 0 aromatic heterocycles. The molecular formula is C24H37N5O8S. The Morgan fingerprint density at radius 3 is 2.00 bits per heavy atom. The molecule has 13 nitrogen and oxygen atoms in total. The Hall–Kier alpha value is -3.36. The molecule has 1 aromatic rings. The Morgan fingerprint density at radius 1 is 0.868 bits per heavy atom. The van der Waals surface area contributed by atoms with Gasteiger partial charge in [0, 0.05) is 6.42 Å². The number of aliphatic carboxylic acids is 2. The molecule has 212 valence electrons. The number of benzene rings is 1. The van der Waals surface area contributed by atoms with Crippen molar-refractivity contribution >= 4 is 41.4 Å². The second-order valence-electron chi connectivity index (χ2n) is 8.66. The van der Waals surface area contributed by atoms with E-state index in [9.17, 15) is 34.2 Å². The number of thioether (sulfide) groups is 1. The normalized spacial score (nSPS) is 14.0. The standard InChI is InChI=1S/C24H37N5O8S/c1-38-11-9-17(22(34)29-19(24(36)37)13-20(31)32)27-23(35)18(12-14-5-7-15(30)8-6-14)28-21(33)16(26)4-2-3-10-25/h5-8,16-19,30H,2-4,9-13,25-26H2,1H3,(H,27,35)(H,28,33)(H,29,34)(H,31,32)(H,36,37). The molecule has 4 unspecified atom stereocenters. The summed E-state index contributed by atoms with van der Waals surface area (Å²) in [5.41, 5.74) is 12.1. The van der Waals surface area contributed by atoms with Gasteiger partial charge in [0.1, 0.15) is 23.9 Å². The highest BCUT2D eigenvalue weighted by atomic mass is 32.2. The van der Waals surface area contributed by atoms with Gasteiger partial charge in [-0.25, -0.2) is 4.79 Å². The van der Waals surface area contributed by atoms with Gasteiger partial charge in [-0.05, 0) is 55.5 Å². The molecule has 0 fully saturated rings. The second kappa shape index (κ2) is 17.2. The molecule has 0 spiro atoms. The predicted octanol–water partition coefficient (Wildman–Crippen LogP) is -0.842. The number of carbonyl (C=O) groups is 5. The number of nitrogens with one attached hydrogen (secondary N) is 3. The SMILES string of the molecule is CSCCC(NC(=O)C(Cc1ccc(O)cc1)NC(=O)C(N)CCCCN)C(=O)NC(CC(=O)O)C(=O)O. The molecule has 1 aromatic carbocycles. The van der Waals surface area contributed by atoms with Crippen molar-refractivity contribution in [3.8, 4) is 5.75 Å². The van der Waals surface area contributed by atoms with E-state index in [0.717, 1.165) is 0 Å². The number of phenolic OH excluding ortho intramolecular Hbond substituents is 1. The van der Waals surface area contributed by atoms with Crippen LogP contribution in [0.4, 0.5) is 0 Å². The highest BCUT2D eigenvalue weighted by Crippen LogP contribution is 2.12. The summed E-state index contributed by atoms with van der Waals surface area (Å²) in [5, 5.41) is 35.1. The third-order valence-corrected chi connectivity index (χ3v) is 6.20. The molecular weight excluding hydrogens is 518 g/mol. The van der Waals surface area contributed by atoms with Crippen LogP contribution in [0.3, 0.4) is 0 Å². The molecule has 4 atom stereocenters. The van der Waals surface area contributed by atoms with E-state index in [-0.39, 0.29) is 18.6 Å². The lowest BCUT2D eigenvalue weighted by atomic mass is 10.0. The minimum atomic E-state index is -1.69. The van der Waals surface area contributed by atoms with Crippen LogP contribution in [0.5, 0.6) is 5.75 Å². The Morgan fingerprint density at radius 2 is 1.45 bits per heavy atom. The van der Waals surface area contributed by atoms with Crippen LogP contribution in [0.1, 0.15) is 37.7 Å².